The molecule has 0 amide bonds. The van der Waals surface area contributed by atoms with Crippen LogP contribution in [-0.4, -0.2) is 15.2 Å². The van der Waals surface area contributed by atoms with E-state index in [0.29, 0.717) is 0 Å². The first-order chi connectivity index (χ1) is 9.86. The molecule has 1 aromatic heterocycles. The van der Waals surface area contributed by atoms with Crippen LogP contribution >= 0.6 is 11.3 Å². The van der Waals surface area contributed by atoms with Crippen LogP contribution in [-0.2, 0) is 17.4 Å². The van der Waals surface area contributed by atoms with Gasteiger partial charge >= 0.3 is 0 Å². The summed E-state index contributed by atoms with van der Waals surface area (Å²) in [5.74, 6) is 0. The standard InChI is InChI=1S/C17H21NOS2/c1-13-7-5-6-8-14(13)11-15-9-10-16(20-15)12-18-21(19)17(2,3)4/h5-10,12H,11H2,1-4H3/t21-/m1/s1. The van der Waals surface area contributed by atoms with E-state index in [0.717, 1.165) is 11.3 Å². The Bertz CT molecular complexity index is 665. The average molecular weight is 319 g/mol. The third-order valence-electron chi connectivity index (χ3n) is 3.11. The van der Waals surface area contributed by atoms with Gasteiger partial charge in [0.1, 0.15) is 11.0 Å². The van der Waals surface area contributed by atoms with Crippen molar-refractivity contribution >= 4 is 28.5 Å². The topological polar surface area (TPSA) is 29.4 Å². The second-order valence-electron chi connectivity index (χ2n) is 6.00. The monoisotopic (exact) mass is 319 g/mol. The van der Waals surface area contributed by atoms with Crippen molar-refractivity contribution in [3.8, 4) is 0 Å². The Balaban J connectivity index is 2.07. The van der Waals surface area contributed by atoms with Gasteiger partial charge in [0.15, 0.2) is 0 Å². The fraction of sp³-hybridized carbons (Fsp3) is 0.353. The van der Waals surface area contributed by atoms with Gasteiger partial charge in [0.05, 0.1) is 11.0 Å². The SMILES string of the molecule is Cc1ccccc1Cc1ccc(C=N[S@](=O)C(C)(C)C)s1. The van der Waals surface area contributed by atoms with Gasteiger partial charge < -0.3 is 0 Å². The molecule has 1 heterocycles. The molecule has 21 heavy (non-hydrogen) atoms. The molecule has 0 bridgehead atoms. The summed E-state index contributed by atoms with van der Waals surface area (Å²) < 4.78 is 15.8. The van der Waals surface area contributed by atoms with Crippen LogP contribution in [0.5, 0.6) is 0 Å². The minimum atomic E-state index is -1.19. The fourth-order valence-corrected chi connectivity index (χ4v) is 3.31. The molecule has 0 aliphatic heterocycles. The predicted octanol–water partition coefficient (Wildman–Crippen LogP) is 4.53. The van der Waals surface area contributed by atoms with Gasteiger partial charge in [-0.3, -0.25) is 0 Å². The lowest BCUT2D eigenvalue weighted by atomic mass is 10.1. The molecule has 1 atom stereocenters. The number of thiophene rings is 1. The first-order valence-electron chi connectivity index (χ1n) is 6.95. The van der Waals surface area contributed by atoms with Crippen LogP contribution in [0, 0.1) is 6.92 Å². The highest BCUT2D eigenvalue weighted by molar-refractivity contribution is 7.85. The van der Waals surface area contributed by atoms with Crippen LogP contribution < -0.4 is 0 Å². The number of nitrogens with zero attached hydrogens (tertiary/aromatic N) is 1. The van der Waals surface area contributed by atoms with Crippen molar-refractivity contribution in [1.29, 1.82) is 0 Å². The normalized spacial score (nSPS) is 13.7. The van der Waals surface area contributed by atoms with Crippen LogP contribution in [0.25, 0.3) is 0 Å². The van der Waals surface area contributed by atoms with Gasteiger partial charge in [-0.2, -0.15) is 4.40 Å². The maximum absolute atomic E-state index is 11.9. The molecule has 0 saturated heterocycles. The molecule has 0 saturated carbocycles. The molecule has 0 unspecified atom stereocenters. The largest absolute Gasteiger partial charge is 0.234 e. The van der Waals surface area contributed by atoms with Crippen molar-refractivity contribution < 1.29 is 4.21 Å². The minimum absolute atomic E-state index is 0.308. The van der Waals surface area contributed by atoms with Crippen LogP contribution in [0.3, 0.4) is 0 Å². The molecule has 4 heteroatoms. The summed E-state index contributed by atoms with van der Waals surface area (Å²) in [6.07, 6.45) is 2.67. The van der Waals surface area contributed by atoms with Gasteiger partial charge in [-0.15, -0.1) is 11.3 Å². The Hall–Kier alpha value is -1.26. The van der Waals surface area contributed by atoms with E-state index in [9.17, 15) is 4.21 Å². The summed E-state index contributed by atoms with van der Waals surface area (Å²) in [6.45, 7) is 7.92. The molecule has 0 aliphatic carbocycles. The van der Waals surface area contributed by atoms with E-state index in [-0.39, 0.29) is 4.75 Å². The number of aryl methyl sites for hydroxylation is 1. The molecule has 2 rings (SSSR count). The molecule has 0 radical (unpaired) electrons. The van der Waals surface area contributed by atoms with Gasteiger partial charge in [0, 0.05) is 16.2 Å². The Morgan fingerprint density at radius 3 is 2.57 bits per heavy atom. The summed E-state index contributed by atoms with van der Waals surface area (Å²) in [4.78, 5) is 2.35. The Kier molecular flexibility index (Phi) is 5.12. The van der Waals surface area contributed by atoms with Crippen molar-refractivity contribution in [3.05, 3.63) is 57.3 Å². The molecule has 2 nitrogen and oxygen atoms in total. The zero-order valence-corrected chi connectivity index (χ0v) is 14.6. The molecular formula is C17H21NOS2. The van der Waals surface area contributed by atoms with E-state index >= 15 is 0 Å². The maximum atomic E-state index is 11.9. The summed E-state index contributed by atoms with van der Waals surface area (Å²) in [5, 5.41) is 0. The highest BCUT2D eigenvalue weighted by Crippen LogP contribution is 2.21. The molecule has 0 spiro atoms. The van der Waals surface area contributed by atoms with Crippen LogP contribution in [0.15, 0.2) is 40.8 Å². The lowest BCUT2D eigenvalue weighted by Gasteiger charge is -2.12. The zero-order chi connectivity index (χ0) is 15.5. The molecule has 2 aromatic rings. The van der Waals surface area contributed by atoms with Crippen LogP contribution in [0.4, 0.5) is 0 Å². The van der Waals surface area contributed by atoms with Gasteiger partial charge in [-0.05, 0) is 51.0 Å². The van der Waals surface area contributed by atoms with E-state index < -0.39 is 11.0 Å². The average Bonchev–Trinajstić information content (AvgIpc) is 2.85. The van der Waals surface area contributed by atoms with Gasteiger partial charge in [0.25, 0.3) is 0 Å². The van der Waals surface area contributed by atoms with Crippen molar-refractivity contribution in [3.63, 3.8) is 0 Å². The second-order valence-corrected chi connectivity index (χ2v) is 9.14. The highest BCUT2D eigenvalue weighted by atomic mass is 32.2. The quantitative estimate of drug-likeness (QED) is 0.761. The third kappa shape index (κ3) is 4.61. The summed E-state index contributed by atoms with van der Waals surface area (Å²) >= 11 is 1.71. The van der Waals surface area contributed by atoms with Crippen molar-refractivity contribution in [2.24, 2.45) is 4.40 Å². The van der Waals surface area contributed by atoms with Crippen LogP contribution in [0.1, 0.15) is 41.7 Å². The smallest absolute Gasteiger partial charge is 0.144 e. The first kappa shape index (κ1) is 16.1. The van der Waals surface area contributed by atoms with Crippen molar-refractivity contribution in [1.82, 2.24) is 0 Å². The molecule has 0 aliphatic rings. The minimum Gasteiger partial charge on any atom is -0.234 e. The first-order valence-corrected chi connectivity index (χ1v) is 8.88. The molecular weight excluding hydrogens is 298 g/mol. The summed E-state index contributed by atoms with van der Waals surface area (Å²) in [7, 11) is -1.19. The summed E-state index contributed by atoms with van der Waals surface area (Å²) in [5.41, 5.74) is 2.66. The maximum Gasteiger partial charge on any atom is 0.144 e. The number of hydrogen-bond donors (Lipinski definition) is 0. The molecule has 0 fully saturated rings. The van der Waals surface area contributed by atoms with E-state index in [1.807, 2.05) is 26.8 Å². The lowest BCUT2D eigenvalue weighted by Crippen LogP contribution is -2.19. The lowest BCUT2D eigenvalue weighted by molar-refractivity contribution is 0.651. The summed E-state index contributed by atoms with van der Waals surface area (Å²) in [6, 6.07) is 12.6. The third-order valence-corrected chi connectivity index (χ3v) is 5.47. The Morgan fingerprint density at radius 1 is 1.19 bits per heavy atom. The molecule has 0 N–H and O–H groups in total. The fourth-order valence-electron chi connectivity index (χ4n) is 1.81. The number of benzene rings is 1. The Morgan fingerprint density at radius 2 is 1.90 bits per heavy atom. The van der Waals surface area contributed by atoms with Crippen molar-refractivity contribution in [2.45, 2.75) is 38.9 Å². The Labute approximate surface area is 133 Å². The van der Waals surface area contributed by atoms with Crippen molar-refractivity contribution in [2.75, 3.05) is 0 Å². The van der Waals surface area contributed by atoms with E-state index in [1.165, 1.54) is 16.0 Å². The van der Waals surface area contributed by atoms with Gasteiger partial charge in [-0.25, -0.2) is 4.21 Å². The predicted molar refractivity (Wildman–Crippen MR) is 93.8 cm³/mol. The number of rotatable bonds is 4. The van der Waals surface area contributed by atoms with E-state index in [1.54, 1.807) is 17.6 Å². The zero-order valence-electron chi connectivity index (χ0n) is 12.9. The molecule has 1 aromatic carbocycles. The van der Waals surface area contributed by atoms with Crippen LogP contribution in [0.2, 0.25) is 0 Å². The second kappa shape index (κ2) is 6.67. The van der Waals surface area contributed by atoms with E-state index in [4.69, 9.17) is 0 Å². The number of hydrogen-bond acceptors (Lipinski definition) is 2. The van der Waals surface area contributed by atoms with E-state index in [2.05, 4.69) is 41.7 Å². The van der Waals surface area contributed by atoms with Gasteiger partial charge in [-0.1, -0.05) is 24.3 Å². The highest BCUT2D eigenvalue weighted by Gasteiger charge is 2.18. The van der Waals surface area contributed by atoms with Gasteiger partial charge in [0.2, 0.25) is 0 Å². The molecule has 112 valence electrons.